The summed E-state index contributed by atoms with van der Waals surface area (Å²) < 4.78 is 0. The summed E-state index contributed by atoms with van der Waals surface area (Å²) in [6, 6.07) is 0. The van der Waals surface area contributed by atoms with Crippen LogP contribution in [-0.4, -0.2) is 34.0 Å². The van der Waals surface area contributed by atoms with Gasteiger partial charge < -0.3 is 5.32 Å². The number of rotatable bonds is 4. The molecule has 0 bridgehead atoms. The molecule has 1 aliphatic rings. The van der Waals surface area contributed by atoms with Crippen LogP contribution in [0.4, 0.5) is 0 Å². The van der Waals surface area contributed by atoms with E-state index >= 15 is 0 Å². The molecular weight excluding hydrogens is 184 g/mol. The van der Waals surface area contributed by atoms with Crippen LogP contribution >= 0.6 is 11.8 Å². The molecule has 5 heteroatoms. The summed E-state index contributed by atoms with van der Waals surface area (Å²) >= 11 is 1.74. The second kappa shape index (κ2) is 4.11. The smallest absolute Gasteiger partial charge is 0.208 e. The van der Waals surface area contributed by atoms with Gasteiger partial charge in [-0.2, -0.15) is 0 Å². The van der Waals surface area contributed by atoms with Gasteiger partial charge >= 0.3 is 0 Å². The standard InChI is InChI=1S/C8H14N4S/c1-6-10-8(12-11-6)13-3-2-7-4-9-5-7/h7,9H,2-5H2,1H3,(H,10,11,12). The molecular formula is C8H14N4S. The second-order valence-electron chi connectivity index (χ2n) is 3.36. The molecule has 2 heterocycles. The topological polar surface area (TPSA) is 53.6 Å². The maximum atomic E-state index is 4.23. The molecule has 0 aromatic carbocycles. The molecule has 4 nitrogen and oxygen atoms in total. The van der Waals surface area contributed by atoms with E-state index in [0.29, 0.717) is 0 Å². The number of aryl methyl sites for hydroxylation is 1. The quantitative estimate of drug-likeness (QED) is 0.703. The molecule has 0 amide bonds. The number of hydrogen-bond acceptors (Lipinski definition) is 4. The third-order valence-electron chi connectivity index (χ3n) is 2.20. The van der Waals surface area contributed by atoms with Crippen molar-refractivity contribution in [2.75, 3.05) is 18.8 Å². The molecule has 0 radical (unpaired) electrons. The first kappa shape index (κ1) is 9.02. The van der Waals surface area contributed by atoms with E-state index in [1.807, 2.05) is 6.92 Å². The Kier molecular flexibility index (Phi) is 2.85. The number of nitrogens with one attached hydrogen (secondary N) is 2. The van der Waals surface area contributed by atoms with Crippen molar-refractivity contribution in [2.45, 2.75) is 18.5 Å². The van der Waals surface area contributed by atoms with Crippen LogP contribution in [0, 0.1) is 12.8 Å². The maximum Gasteiger partial charge on any atom is 0.208 e. The van der Waals surface area contributed by atoms with Gasteiger partial charge in [0.25, 0.3) is 0 Å². The summed E-state index contributed by atoms with van der Waals surface area (Å²) in [6.45, 7) is 4.30. The fourth-order valence-electron chi connectivity index (χ4n) is 1.26. The molecule has 1 aliphatic heterocycles. The minimum Gasteiger partial charge on any atom is -0.316 e. The van der Waals surface area contributed by atoms with Gasteiger partial charge in [0.1, 0.15) is 5.82 Å². The third-order valence-corrected chi connectivity index (χ3v) is 3.08. The zero-order valence-electron chi connectivity index (χ0n) is 7.71. The van der Waals surface area contributed by atoms with Crippen molar-refractivity contribution in [1.29, 1.82) is 0 Å². The molecule has 13 heavy (non-hydrogen) atoms. The van der Waals surface area contributed by atoms with Crippen molar-refractivity contribution in [3.8, 4) is 0 Å². The predicted molar refractivity (Wildman–Crippen MR) is 52.8 cm³/mol. The number of thioether (sulfide) groups is 1. The van der Waals surface area contributed by atoms with Crippen LogP contribution in [-0.2, 0) is 0 Å². The van der Waals surface area contributed by atoms with E-state index in [2.05, 4.69) is 20.5 Å². The lowest BCUT2D eigenvalue weighted by molar-refractivity contribution is 0.341. The molecule has 0 spiro atoms. The second-order valence-corrected chi connectivity index (χ2v) is 4.43. The zero-order chi connectivity index (χ0) is 9.10. The maximum absolute atomic E-state index is 4.23. The average Bonchev–Trinajstić information content (AvgIpc) is 2.42. The summed E-state index contributed by atoms with van der Waals surface area (Å²) in [4.78, 5) is 4.23. The monoisotopic (exact) mass is 198 g/mol. The van der Waals surface area contributed by atoms with E-state index in [1.165, 1.54) is 19.5 Å². The summed E-state index contributed by atoms with van der Waals surface area (Å²) in [6.07, 6.45) is 1.27. The summed E-state index contributed by atoms with van der Waals surface area (Å²) in [5.74, 6) is 2.91. The number of nitrogens with zero attached hydrogens (tertiary/aromatic N) is 2. The zero-order valence-corrected chi connectivity index (χ0v) is 8.52. The molecule has 1 fully saturated rings. The molecule has 1 aromatic heterocycles. The number of H-pyrrole nitrogens is 1. The highest BCUT2D eigenvalue weighted by Crippen LogP contribution is 2.17. The largest absolute Gasteiger partial charge is 0.316 e. The predicted octanol–water partition coefficient (Wildman–Crippen LogP) is 0.815. The van der Waals surface area contributed by atoms with Gasteiger partial charge in [-0.05, 0) is 32.4 Å². The fraction of sp³-hybridized carbons (Fsp3) is 0.750. The van der Waals surface area contributed by atoms with Gasteiger partial charge in [0.15, 0.2) is 0 Å². The van der Waals surface area contributed by atoms with Gasteiger partial charge in [-0.25, -0.2) is 4.98 Å². The van der Waals surface area contributed by atoms with Gasteiger partial charge in [0.05, 0.1) is 0 Å². The lowest BCUT2D eigenvalue weighted by atomic mass is 10.0. The van der Waals surface area contributed by atoms with Crippen molar-refractivity contribution in [1.82, 2.24) is 20.5 Å². The average molecular weight is 198 g/mol. The molecule has 1 aromatic rings. The highest BCUT2D eigenvalue weighted by molar-refractivity contribution is 7.99. The van der Waals surface area contributed by atoms with Crippen LogP contribution in [0.2, 0.25) is 0 Å². The van der Waals surface area contributed by atoms with Crippen molar-refractivity contribution in [2.24, 2.45) is 5.92 Å². The summed E-state index contributed by atoms with van der Waals surface area (Å²) in [5, 5.41) is 11.1. The Balaban J connectivity index is 1.67. The molecule has 2 N–H and O–H groups in total. The SMILES string of the molecule is Cc1nc(SCCC2CNC2)n[nH]1. The van der Waals surface area contributed by atoms with Crippen LogP contribution in [0.15, 0.2) is 5.16 Å². The van der Waals surface area contributed by atoms with E-state index < -0.39 is 0 Å². The number of aromatic nitrogens is 3. The third kappa shape index (κ3) is 2.45. The Hall–Kier alpha value is -0.550. The molecule has 72 valence electrons. The van der Waals surface area contributed by atoms with Crippen LogP contribution in [0.25, 0.3) is 0 Å². The minimum absolute atomic E-state index is 0.879. The van der Waals surface area contributed by atoms with Gasteiger partial charge in [-0.3, -0.25) is 5.10 Å². The number of hydrogen-bond donors (Lipinski definition) is 2. The highest BCUT2D eigenvalue weighted by Gasteiger charge is 2.16. The fourth-order valence-corrected chi connectivity index (χ4v) is 2.20. The van der Waals surface area contributed by atoms with Crippen LogP contribution < -0.4 is 5.32 Å². The number of aromatic amines is 1. The first-order valence-corrected chi connectivity index (χ1v) is 5.55. The summed E-state index contributed by atoms with van der Waals surface area (Å²) in [5.41, 5.74) is 0. The van der Waals surface area contributed by atoms with Crippen LogP contribution in [0.3, 0.4) is 0 Å². The Morgan fingerprint density at radius 2 is 2.38 bits per heavy atom. The minimum atomic E-state index is 0.879. The highest BCUT2D eigenvalue weighted by atomic mass is 32.2. The van der Waals surface area contributed by atoms with E-state index in [-0.39, 0.29) is 0 Å². The molecule has 0 aliphatic carbocycles. The molecule has 0 saturated carbocycles. The van der Waals surface area contributed by atoms with Crippen molar-refractivity contribution in [3.05, 3.63) is 5.82 Å². The van der Waals surface area contributed by atoms with Crippen molar-refractivity contribution in [3.63, 3.8) is 0 Å². The van der Waals surface area contributed by atoms with Crippen molar-refractivity contribution >= 4 is 11.8 Å². The Morgan fingerprint density at radius 1 is 1.54 bits per heavy atom. The van der Waals surface area contributed by atoms with Crippen molar-refractivity contribution < 1.29 is 0 Å². The van der Waals surface area contributed by atoms with E-state index in [1.54, 1.807) is 11.8 Å². The van der Waals surface area contributed by atoms with Gasteiger partial charge in [0.2, 0.25) is 5.16 Å². The van der Waals surface area contributed by atoms with E-state index in [0.717, 1.165) is 22.7 Å². The molecule has 1 saturated heterocycles. The summed E-state index contributed by atoms with van der Waals surface area (Å²) in [7, 11) is 0. The normalized spacial score (nSPS) is 17.3. The van der Waals surface area contributed by atoms with Gasteiger partial charge in [-0.1, -0.05) is 11.8 Å². The molecule has 0 unspecified atom stereocenters. The Labute approximate surface area is 81.9 Å². The first-order chi connectivity index (χ1) is 6.34. The van der Waals surface area contributed by atoms with Gasteiger partial charge in [0, 0.05) is 5.75 Å². The van der Waals surface area contributed by atoms with E-state index in [4.69, 9.17) is 0 Å². The lowest BCUT2D eigenvalue weighted by Crippen LogP contribution is -2.42. The molecule has 2 rings (SSSR count). The van der Waals surface area contributed by atoms with Crippen LogP contribution in [0.5, 0.6) is 0 Å². The Morgan fingerprint density at radius 3 is 2.92 bits per heavy atom. The lowest BCUT2D eigenvalue weighted by Gasteiger charge is -2.26. The van der Waals surface area contributed by atoms with Crippen LogP contribution in [0.1, 0.15) is 12.2 Å². The van der Waals surface area contributed by atoms with Gasteiger partial charge in [-0.15, -0.1) is 5.10 Å². The first-order valence-electron chi connectivity index (χ1n) is 4.57. The van der Waals surface area contributed by atoms with E-state index in [9.17, 15) is 0 Å². The Bertz CT molecular complexity index is 269. The molecule has 0 atom stereocenters.